The van der Waals surface area contributed by atoms with Crippen LogP contribution in [0.5, 0.6) is 0 Å². The minimum atomic E-state index is -1.62. The molecule has 196 valence electrons. The largest absolute Gasteiger partial charge is 0.220 e. The van der Waals surface area contributed by atoms with Gasteiger partial charge >= 0.3 is 0 Å². The van der Waals surface area contributed by atoms with E-state index in [-0.39, 0.29) is 0 Å². The minimum absolute atomic E-state index is 0.742. The summed E-state index contributed by atoms with van der Waals surface area (Å²) >= 11 is 0. The molecule has 1 aromatic heterocycles. The van der Waals surface area contributed by atoms with E-state index in [4.69, 9.17) is 0 Å². The van der Waals surface area contributed by atoms with Crippen molar-refractivity contribution in [3.8, 4) is 11.3 Å². The first-order chi connectivity index (χ1) is 18.4. The summed E-state index contributed by atoms with van der Waals surface area (Å²) in [5, 5.41) is 4.33. The highest BCUT2D eigenvalue weighted by Crippen LogP contribution is 2.43. The highest BCUT2D eigenvalue weighted by Gasteiger charge is 2.29. The van der Waals surface area contributed by atoms with Crippen molar-refractivity contribution in [2.75, 3.05) is 0 Å². The Balaban J connectivity index is 1.47. The number of nitrogens with zero attached hydrogens (tertiary/aromatic N) is 1. The van der Waals surface area contributed by atoms with Crippen LogP contribution in [0, 0.1) is 6.92 Å². The molecule has 0 radical (unpaired) electrons. The molecule has 2 saturated carbocycles. The number of benzene rings is 3. The Morgan fingerprint density at radius 2 is 1.47 bits per heavy atom. The molecule has 2 aliphatic rings. The Hall–Kier alpha value is -2.71. The molecule has 0 bridgehead atoms. The number of pyridine rings is 1. The van der Waals surface area contributed by atoms with Crippen LogP contribution in [0.4, 0.5) is 0 Å². The first-order valence-corrected chi connectivity index (χ1v) is 18.2. The standard InChI is InChI=1S/C36H44NSi/c1-26-34(29-16-10-11-17-29)23-31(28-14-8-9-15-28)24-35(26)36-33-19-18-32(22-30(33)20-21-37(36)2)38(3,4)25-27-12-6-5-7-13-27/h5-7,12-13,18-24,28-29H,8-11,14-17,25H2,1-4H3/q+1. The lowest BCUT2D eigenvalue weighted by molar-refractivity contribution is -0.659. The van der Waals surface area contributed by atoms with Crippen molar-refractivity contribution in [1.29, 1.82) is 0 Å². The predicted octanol–water partition coefficient (Wildman–Crippen LogP) is 8.65. The third kappa shape index (κ3) is 4.88. The van der Waals surface area contributed by atoms with Crippen molar-refractivity contribution in [1.82, 2.24) is 0 Å². The second-order valence-corrected chi connectivity index (χ2v) is 17.6. The summed E-state index contributed by atoms with van der Waals surface area (Å²) in [5.41, 5.74) is 9.10. The summed E-state index contributed by atoms with van der Waals surface area (Å²) in [7, 11) is 0.625. The van der Waals surface area contributed by atoms with E-state index in [1.165, 1.54) is 90.6 Å². The molecule has 0 amide bonds. The van der Waals surface area contributed by atoms with Crippen molar-refractivity contribution in [3.63, 3.8) is 0 Å². The van der Waals surface area contributed by atoms with Gasteiger partial charge in [0, 0.05) is 6.07 Å². The molecule has 2 heteroatoms. The zero-order valence-corrected chi connectivity index (χ0v) is 24.9. The Kier molecular flexibility index (Phi) is 7.03. The monoisotopic (exact) mass is 518 g/mol. The third-order valence-electron chi connectivity index (χ3n) is 9.75. The fraction of sp³-hybridized carbons (Fsp3) is 0.417. The van der Waals surface area contributed by atoms with Crippen molar-refractivity contribution in [2.24, 2.45) is 7.05 Å². The van der Waals surface area contributed by atoms with E-state index in [1.54, 1.807) is 16.3 Å². The summed E-state index contributed by atoms with van der Waals surface area (Å²) in [6.45, 7) is 7.45. The van der Waals surface area contributed by atoms with Crippen LogP contribution in [-0.2, 0) is 13.1 Å². The number of aromatic nitrogens is 1. The zero-order chi connectivity index (χ0) is 26.3. The van der Waals surface area contributed by atoms with Crippen LogP contribution in [0.2, 0.25) is 13.1 Å². The first-order valence-electron chi connectivity index (χ1n) is 15.0. The van der Waals surface area contributed by atoms with E-state index in [0.717, 1.165) is 11.8 Å². The highest BCUT2D eigenvalue weighted by atomic mass is 28.3. The van der Waals surface area contributed by atoms with Gasteiger partial charge in [0.05, 0.1) is 19.0 Å². The first kappa shape index (κ1) is 25.6. The summed E-state index contributed by atoms with van der Waals surface area (Å²) in [6, 6.07) is 27.2. The lowest BCUT2D eigenvalue weighted by Crippen LogP contribution is -2.44. The van der Waals surface area contributed by atoms with Crippen molar-refractivity contribution in [2.45, 2.75) is 89.3 Å². The van der Waals surface area contributed by atoms with Gasteiger partial charge in [-0.1, -0.05) is 98.1 Å². The molecule has 2 fully saturated rings. The van der Waals surface area contributed by atoms with Crippen molar-refractivity contribution < 1.29 is 4.57 Å². The molecule has 6 rings (SSSR count). The van der Waals surface area contributed by atoms with Gasteiger partial charge in [0.1, 0.15) is 7.05 Å². The highest BCUT2D eigenvalue weighted by molar-refractivity contribution is 6.89. The molecular weight excluding hydrogens is 474 g/mol. The van der Waals surface area contributed by atoms with E-state index >= 15 is 0 Å². The summed E-state index contributed by atoms with van der Waals surface area (Å²) in [6.07, 6.45) is 13.3. The van der Waals surface area contributed by atoms with Gasteiger partial charge in [-0.3, -0.25) is 0 Å². The van der Waals surface area contributed by atoms with Gasteiger partial charge in [-0.25, -0.2) is 4.57 Å². The van der Waals surface area contributed by atoms with Gasteiger partial charge in [-0.15, -0.1) is 0 Å². The summed E-state index contributed by atoms with van der Waals surface area (Å²) < 4.78 is 2.38. The second kappa shape index (κ2) is 10.5. The SMILES string of the molecule is Cc1c(-c2c3ccc([Si](C)(C)Cc4ccccc4)cc3cc[n+]2C)cc(C2CCCC2)cc1C1CCCC1. The van der Waals surface area contributed by atoms with Crippen LogP contribution in [0.15, 0.2) is 72.9 Å². The fourth-order valence-corrected chi connectivity index (χ4v) is 10.0. The van der Waals surface area contributed by atoms with E-state index < -0.39 is 8.07 Å². The quantitative estimate of drug-likeness (QED) is 0.178. The number of rotatable bonds is 6. The lowest BCUT2D eigenvalue weighted by atomic mass is 9.84. The number of hydrogen-bond acceptors (Lipinski definition) is 0. The molecule has 0 N–H and O–H groups in total. The van der Waals surface area contributed by atoms with E-state index in [0.29, 0.717) is 0 Å². The normalized spacial score (nSPS) is 17.1. The van der Waals surface area contributed by atoms with Crippen molar-refractivity contribution in [3.05, 3.63) is 95.2 Å². The number of aryl methyl sites for hydroxylation is 1. The molecule has 0 aliphatic heterocycles. The Bertz CT molecular complexity index is 1440. The Labute approximate surface area is 231 Å². The molecule has 4 aromatic rings. The van der Waals surface area contributed by atoms with Gasteiger partial charge in [0.25, 0.3) is 0 Å². The topological polar surface area (TPSA) is 3.88 Å². The number of hydrogen-bond donors (Lipinski definition) is 0. The van der Waals surface area contributed by atoms with Crippen LogP contribution in [0.1, 0.15) is 85.5 Å². The molecule has 2 aliphatic carbocycles. The second-order valence-electron chi connectivity index (χ2n) is 12.9. The smallest absolute Gasteiger partial charge is 0.200 e. The molecule has 1 heterocycles. The molecule has 0 unspecified atom stereocenters. The van der Waals surface area contributed by atoms with Crippen molar-refractivity contribution >= 4 is 24.0 Å². The number of fused-ring (bicyclic) bond motifs is 1. The predicted molar refractivity (Wildman–Crippen MR) is 165 cm³/mol. The molecule has 1 nitrogen and oxygen atoms in total. The fourth-order valence-electron chi connectivity index (χ4n) is 7.50. The van der Waals surface area contributed by atoms with Crippen LogP contribution in [-0.4, -0.2) is 8.07 Å². The van der Waals surface area contributed by atoms with Crippen LogP contribution in [0.25, 0.3) is 22.0 Å². The lowest BCUT2D eigenvalue weighted by Gasteiger charge is -2.24. The van der Waals surface area contributed by atoms with Gasteiger partial charge in [0.15, 0.2) is 6.20 Å². The van der Waals surface area contributed by atoms with Crippen LogP contribution < -0.4 is 9.75 Å². The Morgan fingerprint density at radius 1 is 0.789 bits per heavy atom. The average molecular weight is 519 g/mol. The Morgan fingerprint density at radius 3 is 2.18 bits per heavy atom. The molecule has 3 aromatic carbocycles. The van der Waals surface area contributed by atoms with Gasteiger partial charge in [-0.2, -0.15) is 0 Å². The summed E-state index contributed by atoms with van der Waals surface area (Å²) in [4.78, 5) is 0. The molecule has 38 heavy (non-hydrogen) atoms. The maximum atomic E-state index is 2.63. The van der Waals surface area contributed by atoms with Gasteiger partial charge in [-0.05, 0) is 84.7 Å². The minimum Gasteiger partial charge on any atom is -0.200 e. The van der Waals surface area contributed by atoms with Gasteiger partial charge in [0.2, 0.25) is 5.69 Å². The maximum absolute atomic E-state index is 2.63. The van der Waals surface area contributed by atoms with Crippen LogP contribution in [0.3, 0.4) is 0 Å². The van der Waals surface area contributed by atoms with E-state index in [2.05, 4.69) is 105 Å². The molecule has 0 atom stereocenters. The third-order valence-corrected chi connectivity index (χ3v) is 12.9. The van der Waals surface area contributed by atoms with E-state index in [9.17, 15) is 0 Å². The van der Waals surface area contributed by atoms with E-state index in [1.807, 2.05) is 0 Å². The molecular formula is C36H44NSi+. The summed E-state index contributed by atoms with van der Waals surface area (Å²) in [5.74, 6) is 1.48. The average Bonchev–Trinajstić information content (AvgIpc) is 3.64. The maximum Gasteiger partial charge on any atom is 0.220 e. The zero-order valence-electron chi connectivity index (χ0n) is 23.9. The molecule has 0 saturated heterocycles. The van der Waals surface area contributed by atoms with Gasteiger partial charge < -0.3 is 0 Å². The molecule has 0 spiro atoms. The van der Waals surface area contributed by atoms with Crippen LogP contribution >= 0.6 is 0 Å².